The van der Waals surface area contributed by atoms with Crippen LogP contribution in [0.2, 0.25) is 0 Å². The third-order valence-corrected chi connectivity index (χ3v) is 6.82. The minimum Gasteiger partial charge on any atom is -0.481 e. The van der Waals surface area contributed by atoms with Crippen molar-refractivity contribution in [3.63, 3.8) is 0 Å². The fraction of sp³-hybridized carbons (Fsp3) is 0.444. The van der Waals surface area contributed by atoms with E-state index < -0.39 is 18.2 Å². The van der Waals surface area contributed by atoms with Crippen molar-refractivity contribution in [2.75, 3.05) is 19.7 Å². The van der Waals surface area contributed by atoms with Crippen LogP contribution in [0, 0.1) is 5.92 Å². The van der Waals surface area contributed by atoms with Gasteiger partial charge in [0.15, 0.2) is 0 Å². The number of carboxylic acids is 1. The highest BCUT2D eigenvalue weighted by atomic mass is 16.5. The maximum atomic E-state index is 12.4. The van der Waals surface area contributed by atoms with E-state index in [1.807, 2.05) is 31.2 Å². The number of amides is 2. The minimum atomic E-state index is -0.873. The van der Waals surface area contributed by atoms with Crippen LogP contribution in [0.5, 0.6) is 0 Å². The molecule has 0 saturated carbocycles. The van der Waals surface area contributed by atoms with Crippen molar-refractivity contribution in [2.45, 2.75) is 50.7 Å². The van der Waals surface area contributed by atoms with Gasteiger partial charge in [-0.1, -0.05) is 61.9 Å². The fourth-order valence-corrected chi connectivity index (χ4v) is 4.86. The second-order valence-electron chi connectivity index (χ2n) is 9.15. The average molecular weight is 481 g/mol. The summed E-state index contributed by atoms with van der Waals surface area (Å²) in [6.45, 7) is 2.71. The standard InChI is InChI=1S/C27H32N2O6/c1-2-17(13-25(30)31)14-28-26(32)24-12-11-18(35-24)15-29-27(33)34-16-23-21-9-5-3-7-19(21)20-8-4-6-10-22(20)23/h3-10,17-18,23-24H,2,11-16H2,1H3,(H,28,32)(H,29,33)(H,30,31). The first-order valence-corrected chi connectivity index (χ1v) is 12.2. The van der Waals surface area contributed by atoms with Crippen molar-refractivity contribution < 1.29 is 29.0 Å². The molecule has 3 N–H and O–H groups in total. The van der Waals surface area contributed by atoms with Gasteiger partial charge in [0.25, 0.3) is 0 Å². The van der Waals surface area contributed by atoms with E-state index in [1.165, 1.54) is 11.1 Å². The molecule has 1 saturated heterocycles. The minimum absolute atomic E-state index is 0.00275. The van der Waals surface area contributed by atoms with Gasteiger partial charge in [0, 0.05) is 25.4 Å². The van der Waals surface area contributed by atoms with Gasteiger partial charge in [-0.25, -0.2) is 4.79 Å². The van der Waals surface area contributed by atoms with E-state index in [2.05, 4.69) is 34.9 Å². The zero-order valence-electron chi connectivity index (χ0n) is 19.9. The number of carbonyl (C=O) groups excluding carboxylic acids is 2. The lowest BCUT2D eigenvalue weighted by Crippen LogP contribution is -2.39. The molecule has 1 heterocycles. The summed E-state index contributed by atoms with van der Waals surface area (Å²) in [7, 11) is 0. The maximum Gasteiger partial charge on any atom is 0.407 e. The summed E-state index contributed by atoms with van der Waals surface area (Å²) in [4.78, 5) is 35.7. The van der Waals surface area contributed by atoms with Gasteiger partial charge >= 0.3 is 12.1 Å². The molecule has 0 bridgehead atoms. The Bertz CT molecular complexity index is 1030. The maximum absolute atomic E-state index is 12.4. The molecule has 2 amide bonds. The lowest BCUT2D eigenvalue weighted by molar-refractivity contribution is -0.138. The number of carboxylic acid groups (broad SMARTS) is 1. The molecule has 8 nitrogen and oxygen atoms in total. The number of hydrogen-bond acceptors (Lipinski definition) is 5. The summed E-state index contributed by atoms with van der Waals surface area (Å²) in [5.74, 6) is -1.22. The largest absolute Gasteiger partial charge is 0.481 e. The number of fused-ring (bicyclic) bond motifs is 3. The van der Waals surface area contributed by atoms with Gasteiger partial charge in [0.1, 0.15) is 12.7 Å². The quantitative estimate of drug-likeness (QED) is 0.478. The van der Waals surface area contributed by atoms with Crippen molar-refractivity contribution in [3.05, 3.63) is 59.7 Å². The van der Waals surface area contributed by atoms with E-state index in [1.54, 1.807) is 0 Å². The van der Waals surface area contributed by atoms with E-state index in [4.69, 9.17) is 14.6 Å². The Morgan fingerprint density at radius 1 is 1.03 bits per heavy atom. The molecule has 35 heavy (non-hydrogen) atoms. The van der Waals surface area contributed by atoms with Crippen LogP contribution < -0.4 is 10.6 Å². The van der Waals surface area contributed by atoms with Gasteiger partial charge in [-0.3, -0.25) is 9.59 Å². The fourth-order valence-electron chi connectivity index (χ4n) is 4.86. The van der Waals surface area contributed by atoms with E-state index >= 15 is 0 Å². The molecule has 0 radical (unpaired) electrons. The third kappa shape index (κ3) is 6.00. The summed E-state index contributed by atoms with van der Waals surface area (Å²) in [5.41, 5.74) is 4.66. The highest BCUT2D eigenvalue weighted by Gasteiger charge is 2.32. The van der Waals surface area contributed by atoms with Crippen molar-refractivity contribution in [2.24, 2.45) is 5.92 Å². The summed E-state index contributed by atoms with van der Waals surface area (Å²) >= 11 is 0. The second-order valence-corrected chi connectivity index (χ2v) is 9.15. The van der Waals surface area contributed by atoms with Crippen LogP contribution >= 0.6 is 0 Å². The Morgan fingerprint density at radius 3 is 2.31 bits per heavy atom. The lowest BCUT2D eigenvalue weighted by Gasteiger charge is -2.18. The summed E-state index contributed by atoms with van der Waals surface area (Å²) < 4.78 is 11.3. The summed E-state index contributed by atoms with van der Waals surface area (Å²) in [6, 6.07) is 16.3. The van der Waals surface area contributed by atoms with Crippen LogP contribution in [0.25, 0.3) is 11.1 Å². The average Bonchev–Trinajstić information content (AvgIpc) is 3.46. The van der Waals surface area contributed by atoms with Gasteiger partial charge in [0.05, 0.1) is 6.10 Å². The Hall–Kier alpha value is -3.39. The van der Waals surface area contributed by atoms with Crippen LogP contribution in [0.1, 0.15) is 49.7 Å². The molecule has 1 aliphatic carbocycles. The van der Waals surface area contributed by atoms with Gasteiger partial charge < -0.3 is 25.2 Å². The number of benzene rings is 2. The number of alkyl carbamates (subject to hydrolysis) is 1. The van der Waals surface area contributed by atoms with Crippen molar-refractivity contribution in [3.8, 4) is 11.1 Å². The molecule has 4 rings (SSSR count). The third-order valence-electron chi connectivity index (χ3n) is 6.82. The monoisotopic (exact) mass is 480 g/mol. The number of nitrogens with one attached hydrogen (secondary N) is 2. The molecule has 2 aliphatic rings. The molecule has 1 fully saturated rings. The van der Waals surface area contributed by atoms with Crippen LogP contribution in [-0.2, 0) is 19.1 Å². The highest BCUT2D eigenvalue weighted by Crippen LogP contribution is 2.44. The molecule has 2 aromatic carbocycles. The molecule has 3 unspecified atom stereocenters. The van der Waals surface area contributed by atoms with Crippen LogP contribution in [0.3, 0.4) is 0 Å². The molecule has 8 heteroatoms. The van der Waals surface area contributed by atoms with Gasteiger partial charge in [-0.2, -0.15) is 0 Å². The zero-order valence-corrected chi connectivity index (χ0v) is 19.9. The number of rotatable bonds is 10. The first-order valence-electron chi connectivity index (χ1n) is 12.2. The molecule has 0 aromatic heterocycles. The topological polar surface area (TPSA) is 114 Å². The lowest BCUT2D eigenvalue weighted by atomic mass is 9.98. The van der Waals surface area contributed by atoms with Gasteiger partial charge in [-0.05, 0) is 41.0 Å². The number of ether oxygens (including phenoxy) is 2. The molecule has 3 atom stereocenters. The van der Waals surface area contributed by atoms with E-state index in [9.17, 15) is 14.4 Å². The van der Waals surface area contributed by atoms with Crippen molar-refractivity contribution in [1.82, 2.24) is 10.6 Å². The van der Waals surface area contributed by atoms with Crippen LogP contribution in [0.4, 0.5) is 4.79 Å². The van der Waals surface area contributed by atoms with Crippen molar-refractivity contribution >= 4 is 18.0 Å². The zero-order chi connectivity index (χ0) is 24.8. The first-order chi connectivity index (χ1) is 17.0. The number of carbonyl (C=O) groups is 3. The molecule has 186 valence electrons. The van der Waals surface area contributed by atoms with Crippen LogP contribution in [-0.4, -0.2) is 55.0 Å². The molecule has 1 aliphatic heterocycles. The SMILES string of the molecule is CCC(CNC(=O)C1CCC(CNC(=O)OCC2c3ccccc3-c3ccccc32)O1)CC(=O)O. The predicted octanol–water partition coefficient (Wildman–Crippen LogP) is 3.69. The van der Waals surface area contributed by atoms with Gasteiger partial charge in [0.2, 0.25) is 5.91 Å². The van der Waals surface area contributed by atoms with E-state index in [-0.39, 0.29) is 43.4 Å². The molecule has 2 aromatic rings. The molecular weight excluding hydrogens is 448 g/mol. The molecule has 0 spiro atoms. The summed E-state index contributed by atoms with van der Waals surface area (Å²) in [6.07, 6.45) is 0.522. The normalized spacial score (nSPS) is 19.5. The Balaban J connectivity index is 1.20. The van der Waals surface area contributed by atoms with E-state index in [0.717, 1.165) is 11.1 Å². The van der Waals surface area contributed by atoms with Crippen molar-refractivity contribution in [1.29, 1.82) is 0 Å². The second kappa shape index (κ2) is 11.4. The Kier molecular flexibility index (Phi) is 8.02. The van der Waals surface area contributed by atoms with Gasteiger partial charge in [-0.15, -0.1) is 0 Å². The smallest absolute Gasteiger partial charge is 0.407 e. The number of aliphatic carboxylic acids is 1. The predicted molar refractivity (Wildman–Crippen MR) is 130 cm³/mol. The number of hydrogen-bond donors (Lipinski definition) is 3. The highest BCUT2D eigenvalue weighted by molar-refractivity contribution is 5.81. The Labute approximate surface area is 205 Å². The van der Waals surface area contributed by atoms with E-state index in [0.29, 0.717) is 25.8 Å². The summed E-state index contributed by atoms with van der Waals surface area (Å²) in [5, 5.41) is 14.5. The molecular formula is C27H32N2O6. The van der Waals surface area contributed by atoms with Crippen LogP contribution in [0.15, 0.2) is 48.5 Å². The first kappa shape index (κ1) is 24.7. The Morgan fingerprint density at radius 2 is 1.69 bits per heavy atom.